The lowest BCUT2D eigenvalue weighted by molar-refractivity contribution is -0.139. The van der Waals surface area contributed by atoms with Crippen LogP contribution in [0.25, 0.3) is 10.9 Å². The summed E-state index contributed by atoms with van der Waals surface area (Å²) in [4.78, 5) is 54.7. The second kappa shape index (κ2) is 12.6. The number of Topliss-reactive ketones (excluding diaryl/α,β-unsaturated/α-hetero) is 2. The molecule has 2 saturated carbocycles. The van der Waals surface area contributed by atoms with Gasteiger partial charge in [0.15, 0.2) is 11.6 Å². The first-order valence-corrected chi connectivity index (χ1v) is 17.1. The molecule has 1 aromatic heterocycles. The molecule has 0 radical (unpaired) electrons. The van der Waals surface area contributed by atoms with Gasteiger partial charge in [0.25, 0.3) is 0 Å². The Balaban J connectivity index is 1.37. The van der Waals surface area contributed by atoms with Gasteiger partial charge in [0.05, 0.1) is 11.6 Å². The Morgan fingerprint density at radius 2 is 1.84 bits per heavy atom. The van der Waals surface area contributed by atoms with E-state index in [1.54, 1.807) is 16.5 Å². The van der Waals surface area contributed by atoms with E-state index in [0.717, 1.165) is 60.8 Å². The maximum atomic E-state index is 14.1. The summed E-state index contributed by atoms with van der Waals surface area (Å²) in [5.74, 6) is 0.780. The van der Waals surface area contributed by atoms with Crippen molar-refractivity contribution in [1.29, 1.82) is 0 Å². The molecule has 6 rings (SSSR count). The summed E-state index contributed by atoms with van der Waals surface area (Å²) >= 11 is 0. The number of nitrogens with one attached hydrogen (secondary N) is 2. The van der Waals surface area contributed by atoms with E-state index in [9.17, 15) is 19.2 Å². The zero-order valence-electron chi connectivity index (χ0n) is 26.8. The van der Waals surface area contributed by atoms with Gasteiger partial charge in [-0.3, -0.25) is 23.9 Å². The number of hydrogen-bond donors (Lipinski definition) is 2. The van der Waals surface area contributed by atoms with Crippen molar-refractivity contribution in [1.82, 2.24) is 20.0 Å². The first-order valence-electron chi connectivity index (χ1n) is 17.1. The summed E-state index contributed by atoms with van der Waals surface area (Å²) in [6.07, 6.45) is 12.3. The molecule has 3 fully saturated rings. The average Bonchev–Trinajstić information content (AvgIpc) is 3.42. The molecule has 9 heteroatoms. The fraction of sp³-hybridized carbons (Fsp3) is 0.686. The summed E-state index contributed by atoms with van der Waals surface area (Å²) in [5, 5.41) is 12.4. The third-order valence-electron chi connectivity index (χ3n) is 10.9. The van der Waals surface area contributed by atoms with E-state index in [-0.39, 0.29) is 47.3 Å². The fourth-order valence-electron chi connectivity index (χ4n) is 8.26. The maximum absolute atomic E-state index is 14.1. The molecule has 2 aliphatic carbocycles. The SMILES string of the molecule is CCC(=O)[C@@H]1C[C@]23CNC(=O)C[C@@H](C)CCCCc4cc(NCC5CCCCC5)cc5c(C(C)=O)nn(c45)CC(=O)N1[C@@H]2C3. The highest BCUT2D eigenvalue weighted by Gasteiger charge is 2.66. The predicted octanol–water partition coefficient (Wildman–Crippen LogP) is 5.44. The van der Waals surface area contributed by atoms with Crippen LogP contribution in [-0.2, 0) is 27.3 Å². The van der Waals surface area contributed by atoms with Crippen LogP contribution in [0.1, 0.15) is 114 Å². The van der Waals surface area contributed by atoms with E-state index in [1.165, 1.54) is 32.1 Å². The predicted molar refractivity (Wildman–Crippen MR) is 171 cm³/mol. The van der Waals surface area contributed by atoms with Crippen LogP contribution < -0.4 is 10.6 Å². The average molecular weight is 604 g/mol. The zero-order valence-corrected chi connectivity index (χ0v) is 26.8. The molecule has 2 amide bonds. The highest BCUT2D eigenvalue weighted by molar-refractivity contribution is 6.06. The van der Waals surface area contributed by atoms with Crippen LogP contribution >= 0.6 is 0 Å². The molecule has 44 heavy (non-hydrogen) atoms. The monoisotopic (exact) mass is 603 g/mol. The number of aromatic nitrogens is 2. The Morgan fingerprint density at radius 3 is 2.59 bits per heavy atom. The highest BCUT2D eigenvalue weighted by Crippen LogP contribution is 2.59. The lowest BCUT2D eigenvalue weighted by atomic mass is 9.89. The minimum Gasteiger partial charge on any atom is -0.385 e. The second-order valence-electron chi connectivity index (χ2n) is 14.2. The van der Waals surface area contributed by atoms with E-state index in [1.807, 2.05) is 13.0 Å². The van der Waals surface area contributed by atoms with E-state index in [0.29, 0.717) is 37.4 Å². The Hall–Kier alpha value is -3.23. The van der Waals surface area contributed by atoms with E-state index >= 15 is 0 Å². The number of carbonyl (C=O) groups excluding carboxylic acids is 4. The van der Waals surface area contributed by atoms with Gasteiger partial charge >= 0.3 is 0 Å². The number of anilines is 1. The number of carbonyl (C=O) groups is 4. The van der Waals surface area contributed by atoms with Crippen LogP contribution in [0.3, 0.4) is 0 Å². The van der Waals surface area contributed by atoms with Crippen LogP contribution in [0, 0.1) is 17.3 Å². The number of amides is 2. The van der Waals surface area contributed by atoms with Crippen molar-refractivity contribution < 1.29 is 19.2 Å². The summed E-state index contributed by atoms with van der Waals surface area (Å²) < 4.78 is 1.73. The van der Waals surface area contributed by atoms with Crippen molar-refractivity contribution >= 4 is 40.0 Å². The number of aryl methyl sites for hydroxylation is 1. The minimum absolute atomic E-state index is 0.0188. The molecular formula is C35H49N5O4. The molecule has 0 unspecified atom stereocenters. The van der Waals surface area contributed by atoms with Gasteiger partial charge in [0.1, 0.15) is 12.2 Å². The molecule has 1 saturated heterocycles. The Bertz CT molecular complexity index is 1440. The molecule has 2 bridgehead atoms. The standard InChI is InChI=1S/C35H49N5O4/c1-4-29(42)28-17-35-18-30(35)40(28)32(44)20-39-34-25(13-9-8-10-22(2)14-31(43)37-21-35)15-26(16-27(34)33(38-39)23(3)41)36-19-24-11-6-5-7-12-24/h15-16,22,24,28,30,36H,4-14,17-21H2,1-3H3,(H,37,43)/t22-,28-,30+,35-/m0/s1. The first kappa shape index (κ1) is 30.8. The molecule has 2 N–H and O–H groups in total. The van der Waals surface area contributed by atoms with Crippen LogP contribution in [-0.4, -0.2) is 63.2 Å². The Morgan fingerprint density at radius 1 is 1.07 bits per heavy atom. The van der Waals surface area contributed by atoms with Gasteiger partial charge in [-0.05, 0) is 68.1 Å². The van der Waals surface area contributed by atoms with E-state index < -0.39 is 6.04 Å². The molecule has 2 aromatic rings. The van der Waals surface area contributed by atoms with Crippen molar-refractivity contribution in [2.24, 2.45) is 17.3 Å². The smallest absolute Gasteiger partial charge is 0.245 e. The van der Waals surface area contributed by atoms with Gasteiger partial charge in [-0.25, -0.2) is 0 Å². The quantitative estimate of drug-likeness (QED) is 0.425. The third kappa shape index (κ3) is 6.16. The van der Waals surface area contributed by atoms with Gasteiger partial charge in [-0.15, -0.1) is 0 Å². The van der Waals surface area contributed by atoms with Gasteiger partial charge in [0, 0.05) is 55.4 Å². The Kier molecular flexibility index (Phi) is 8.84. The molecule has 0 spiro atoms. The molecule has 9 nitrogen and oxygen atoms in total. The third-order valence-corrected chi connectivity index (χ3v) is 10.9. The molecule has 4 atom stereocenters. The van der Waals surface area contributed by atoms with Crippen molar-refractivity contribution in [3.8, 4) is 0 Å². The van der Waals surface area contributed by atoms with Crippen LogP contribution in [0.2, 0.25) is 0 Å². The van der Waals surface area contributed by atoms with Crippen LogP contribution in [0.4, 0.5) is 5.69 Å². The second-order valence-corrected chi connectivity index (χ2v) is 14.2. The molecule has 2 aliphatic heterocycles. The molecule has 4 aliphatic rings. The zero-order chi connectivity index (χ0) is 31.0. The fourth-order valence-corrected chi connectivity index (χ4v) is 8.26. The first-order chi connectivity index (χ1) is 21.2. The number of hydrogen-bond acceptors (Lipinski definition) is 6. The number of nitrogens with zero attached hydrogens (tertiary/aromatic N) is 3. The van der Waals surface area contributed by atoms with E-state index in [4.69, 9.17) is 5.10 Å². The molecular weight excluding hydrogens is 554 g/mol. The largest absolute Gasteiger partial charge is 0.385 e. The molecule has 1 aromatic carbocycles. The lowest BCUT2D eigenvalue weighted by Gasteiger charge is -2.26. The van der Waals surface area contributed by atoms with Crippen LogP contribution in [0.15, 0.2) is 12.1 Å². The van der Waals surface area contributed by atoms with Gasteiger partial charge in [0.2, 0.25) is 11.8 Å². The summed E-state index contributed by atoms with van der Waals surface area (Å²) in [7, 11) is 0. The van der Waals surface area contributed by atoms with Crippen molar-refractivity contribution in [2.45, 2.75) is 123 Å². The van der Waals surface area contributed by atoms with Gasteiger partial charge in [-0.2, -0.15) is 5.10 Å². The normalized spacial score (nSPS) is 28.3. The molecule has 3 heterocycles. The van der Waals surface area contributed by atoms with E-state index in [2.05, 4.69) is 23.6 Å². The van der Waals surface area contributed by atoms with Crippen molar-refractivity contribution in [2.75, 3.05) is 18.4 Å². The lowest BCUT2D eigenvalue weighted by Crippen LogP contribution is -2.44. The molecule has 238 valence electrons. The summed E-state index contributed by atoms with van der Waals surface area (Å²) in [6.45, 7) is 6.92. The number of rotatable bonds is 6. The number of benzene rings is 1. The van der Waals surface area contributed by atoms with Gasteiger partial charge < -0.3 is 15.5 Å². The van der Waals surface area contributed by atoms with Crippen molar-refractivity contribution in [3.05, 3.63) is 23.4 Å². The summed E-state index contributed by atoms with van der Waals surface area (Å²) in [6, 6.07) is 3.69. The van der Waals surface area contributed by atoms with Crippen molar-refractivity contribution in [3.63, 3.8) is 0 Å². The Labute approximate surface area is 260 Å². The highest BCUT2D eigenvalue weighted by atomic mass is 16.2. The summed E-state index contributed by atoms with van der Waals surface area (Å²) in [5.41, 5.74) is 3.08. The minimum atomic E-state index is -0.481. The van der Waals surface area contributed by atoms with Gasteiger partial charge in [-0.1, -0.05) is 46.0 Å². The number of ketones is 2. The topological polar surface area (TPSA) is 113 Å². The number of piperidine rings is 1. The van der Waals surface area contributed by atoms with Crippen LogP contribution in [0.5, 0.6) is 0 Å². The maximum Gasteiger partial charge on any atom is 0.245 e.